The Bertz CT molecular complexity index is 1080. The first kappa shape index (κ1) is 22.9. The summed E-state index contributed by atoms with van der Waals surface area (Å²) in [6.45, 7) is 6.18. The van der Waals surface area contributed by atoms with Crippen LogP contribution in [0.1, 0.15) is 36.6 Å². The molecule has 0 aliphatic rings. The average molecular weight is 432 g/mol. The SMILES string of the molecule is COc1cc(NC(C)CCCN)c2nc(C(F)(F)F)cc(C)c2c1-c1ccccc1C. The van der Waals surface area contributed by atoms with Crippen molar-refractivity contribution in [3.63, 3.8) is 0 Å². The molecule has 7 heteroatoms. The third-order valence-electron chi connectivity index (χ3n) is 5.41. The molecule has 1 unspecified atom stereocenters. The second-order valence-electron chi connectivity index (χ2n) is 7.84. The van der Waals surface area contributed by atoms with Gasteiger partial charge in [0.25, 0.3) is 0 Å². The number of benzene rings is 2. The molecule has 0 radical (unpaired) electrons. The van der Waals surface area contributed by atoms with Crippen molar-refractivity contribution in [1.82, 2.24) is 4.98 Å². The predicted molar refractivity (Wildman–Crippen MR) is 120 cm³/mol. The Morgan fingerprint density at radius 1 is 1.13 bits per heavy atom. The minimum atomic E-state index is -4.54. The van der Waals surface area contributed by atoms with E-state index in [0.717, 1.165) is 35.6 Å². The Kier molecular flexibility index (Phi) is 6.74. The van der Waals surface area contributed by atoms with Gasteiger partial charge in [0.2, 0.25) is 0 Å². The highest BCUT2D eigenvalue weighted by molar-refractivity contribution is 6.06. The van der Waals surface area contributed by atoms with Gasteiger partial charge in [-0.3, -0.25) is 0 Å². The maximum atomic E-state index is 13.6. The van der Waals surface area contributed by atoms with E-state index in [1.807, 2.05) is 38.1 Å². The Labute approximate surface area is 180 Å². The van der Waals surface area contributed by atoms with Gasteiger partial charge in [-0.05, 0) is 62.9 Å². The Morgan fingerprint density at radius 2 is 1.84 bits per heavy atom. The first-order valence-corrected chi connectivity index (χ1v) is 10.3. The Hall–Kier alpha value is -2.80. The second kappa shape index (κ2) is 9.14. The molecule has 3 rings (SSSR count). The summed E-state index contributed by atoms with van der Waals surface area (Å²) in [5.74, 6) is 0.583. The van der Waals surface area contributed by atoms with Crippen molar-refractivity contribution in [3.8, 4) is 16.9 Å². The number of ether oxygens (including phenoxy) is 1. The summed E-state index contributed by atoms with van der Waals surface area (Å²) in [6, 6.07) is 10.6. The number of methoxy groups -OCH3 is 1. The summed E-state index contributed by atoms with van der Waals surface area (Å²) in [6.07, 6.45) is -2.94. The standard InChI is InChI=1S/C24H28F3N3O/c1-14-8-5-6-10-17(14)22-19(31-4)13-18(29-16(3)9-7-11-28)23-21(22)15(2)12-20(30-23)24(25,26)27/h5-6,8,10,12-13,16,29H,7,9,11,28H2,1-4H3. The molecule has 1 aromatic heterocycles. The number of hydrogen-bond donors (Lipinski definition) is 2. The van der Waals surface area contributed by atoms with Gasteiger partial charge in [0.1, 0.15) is 11.4 Å². The van der Waals surface area contributed by atoms with Gasteiger partial charge >= 0.3 is 6.18 Å². The Morgan fingerprint density at radius 3 is 2.45 bits per heavy atom. The molecule has 31 heavy (non-hydrogen) atoms. The van der Waals surface area contributed by atoms with Crippen LogP contribution in [0.15, 0.2) is 36.4 Å². The molecule has 0 fully saturated rings. The van der Waals surface area contributed by atoms with E-state index in [4.69, 9.17) is 10.5 Å². The zero-order chi connectivity index (χ0) is 22.8. The molecule has 4 nitrogen and oxygen atoms in total. The van der Waals surface area contributed by atoms with E-state index >= 15 is 0 Å². The molecule has 0 bridgehead atoms. The Balaban J connectivity index is 2.35. The number of rotatable bonds is 7. The molecule has 0 amide bonds. The molecule has 0 aliphatic heterocycles. The molecule has 0 saturated heterocycles. The number of alkyl halides is 3. The van der Waals surface area contributed by atoms with Gasteiger partial charge in [-0.25, -0.2) is 4.98 Å². The summed E-state index contributed by atoms with van der Waals surface area (Å²) in [5.41, 5.74) is 8.64. The summed E-state index contributed by atoms with van der Waals surface area (Å²) < 4.78 is 46.4. The lowest BCUT2D eigenvalue weighted by atomic mass is 9.92. The molecule has 0 saturated carbocycles. The first-order valence-electron chi connectivity index (χ1n) is 10.3. The largest absolute Gasteiger partial charge is 0.496 e. The minimum Gasteiger partial charge on any atom is -0.496 e. The molecule has 166 valence electrons. The van der Waals surface area contributed by atoms with Crippen LogP contribution in [0.4, 0.5) is 18.9 Å². The van der Waals surface area contributed by atoms with Crippen molar-refractivity contribution < 1.29 is 17.9 Å². The summed E-state index contributed by atoms with van der Waals surface area (Å²) in [7, 11) is 1.57. The molecule has 1 heterocycles. The van der Waals surface area contributed by atoms with Gasteiger partial charge in [0, 0.05) is 23.1 Å². The van der Waals surface area contributed by atoms with Crippen LogP contribution < -0.4 is 15.8 Å². The van der Waals surface area contributed by atoms with E-state index < -0.39 is 11.9 Å². The van der Waals surface area contributed by atoms with Gasteiger partial charge < -0.3 is 15.8 Å². The number of anilines is 1. The summed E-state index contributed by atoms with van der Waals surface area (Å²) in [5, 5.41) is 3.98. The van der Waals surface area contributed by atoms with E-state index in [0.29, 0.717) is 28.9 Å². The van der Waals surface area contributed by atoms with Crippen LogP contribution in [0.25, 0.3) is 22.0 Å². The fourth-order valence-electron chi connectivity index (χ4n) is 3.88. The van der Waals surface area contributed by atoms with Crippen molar-refractivity contribution in [1.29, 1.82) is 0 Å². The minimum absolute atomic E-state index is 0.0115. The monoisotopic (exact) mass is 431 g/mol. The van der Waals surface area contributed by atoms with E-state index in [-0.39, 0.29) is 11.6 Å². The van der Waals surface area contributed by atoms with Crippen LogP contribution in [-0.2, 0) is 6.18 Å². The summed E-state index contributed by atoms with van der Waals surface area (Å²) >= 11 is 0. The zero-order valence-corrected chi connectivity index (χ0v) is 18.2. The first-order chi connectivity index (χ1) is 14.7. The van der Waals surface area contributed by atoms with E-state index in [1.165, 1.54) is 0 Å². The van der Waals surface area contributed by atoms with Crippen LogP contribution in [0.3, 0.4) is 0 Å². The smallest absolute Gasteiger partial charge is 0.433 e. The summed E-state index contributed by atoms with van der Waals surface area (Å²) in [4.78, 5) is 4.06. The van der Waals surface area contributed by atoms with E-state index in [1.54, 1.807) is 20.1 Å². The third kappa shape index (κ3) is 4.77. The quantitative estimate of drug-likeness (QED) is 0.476. The number of nitrogens with zero attached hydrogens (tertiary/aromatic N) is 1. The van der Waals surface area contributed by atoms with Crippen LogP contribution >= 0.6 is 0 Å². The number of fused-ring (bicyclic) bond motifs is 1. The lowest BCUT2D eigenvalue weighted by Gasteiger charge is -2.22. The molecule has 0 aliphatic carbocycles. The van der Waals surface area contributed by atoms with Gasteiger partial charge in [0.05, 0.1) is 18.3 Å². The van der Waals surface area contributed by atoms with Crippen LogP contribution in [0.5, 0.6) is 5.75 Å². The molecule has 2 aromatic carbocycles. The van der Waals surface area contributed by atoms with Crippen molar-refractivity contribution in [2.24, 2.45) is 5.73 Å². The number of hydrogen-bond acceptors (Lipinski definition) is 4. The molecule has 0 spiro atoms. The van der Waals surface area contributed by atoms with Crippen molar-refractivity contribution in [2.75, 3.05) is 19.0 Å². The van der Waals surface area contributed by atoms with E-state index in [2.05, 4.69) is 10.3 Å². The van der Waals surface area contributed by atoms with Crippen molar-refractivity contribution >= 4 is 16.6 Å². The highest BCUT2D eigenvalue weighted by Crippen LogP contribution is 2.44. The number of aryl methyl sites for hydroxylation is 2. The number of aromatic nitrogens is 1. The van der Waals surface area contributed by atoms with Crippen molar-refractivity contribution in [3.05, 3.63) is 53.2 Å². The zero-order valence-electron chi connectivity index (χ0n) is 18.2. The topological polar surface area (TPSA) is 60.2 Å². The van der Waals surface area contributed by atoms with Gasteiger partial charge in [-0.15, -0.1) is 0 Å². The number of nitrogens with one attached hydrogen (secondary N) is 1. The molecule has 1 atom stereocenters. The highest BCUT2D eigenvalue weighted by atomic mass is 19.4. The van der Waals surface area contributed by atoms with Crippen molar-refractivity contribution in [2.45, 2.75) is 45.8 Å². The normalized spacial score (nSPS) is 12.8. The van der Waals surface area contributed by atoms with E-state index in [9.17, 15) is 13.2 Å². The van der Waals surface area contributed by atoms with Gasteiger partial charge in [-0.1, -0.05) is 24.3 Å². The number of nitrogens with two attached hydrogens (primary N) is 1. The second-order valence-corrected chi connectivity index (χ2v) is 7.84. The predicted octanol–water partition coefficient (Wildman–Crippen LogP) is 6.09. The van der Waals surface area contributed by atoms with Crippen LogP contribution in [0, 0.1) is 13.8 Å². The lowest BCUT2D eigenvalue weighted by molar-refractivity contribution is -0.141. The molecule has 3 N–H and O–H groups in total. The fraction of sp³-hybridized carbons (Fsp3) is 0.375. The van der Waals surface area contributed by atoms with Crippen LogP contribution in [0.2, 0.25) is 0 Å². The van der Waals surface area contributed by atoms with Crippen LogP contribution in [-0.4, -0.2) is 24.7 Å². The van der Waals surface area contributed by atoms with Gasteiger partial charge in [0.15, 0.2) is 0 Å². The molecule has 3 aromatic rings. The lowest BCUT2D eigenvalue weighted by Crippen LogP contribution is -2.18. The van der Waals surface area contributed by atoms with Gasteiger partial charge in [-0.2, -0.15) is 13.2 Å². The maximum absolute atomic E-state index is 13.6. The highest BCUT2D eigenvalue weighted by Gasteiger charge is 2.34. The number of pyridine rings is 1. The average Bonchev–Trinajstić information content (AvgIpc) is 2.72. The number of halogens is 3. The third-order valence-corrected chi connectivity index (χ3v) is 5.41. The molecular weight excluding hydrogens is 403 g/mol. The maximum Gasteiger partial charge on any atom is 0.433 e. The molecular formula is C24H28F3N3O. The fourth-order valence-corrected chi connectivity index (χ4v) is 3.88.